The topological polar surface area (TPSA) is 140 Å². The van der Waals surface area contributed by atoms with Crippen LogP contribution in [-0.2, 0) is 21.5 Å². The number of anilines is 2. The molecular formula is C28H44N8O3. The van der Waals surface area contributed by atoms with Gasteiger partial charge in [-0.25, -0.2) is 19.7 Å². The number of carbonyl (C=O) groups excluding carboxylic acids is 2. The van der Waals surface area contributed by atoms with Crippen molar-refractivity contribution in [3.05, 3.63) is 42.5 Å². The lowest BCUT2D eigenvalue weighted by atomic mass is 9.87. The number of hydrogen-bond acceptors (Lipinski definition) is 7. The first-order valence-electron chi connectivity index (χ1n) is 13.4. The summed E-state index contributed by atoms with van der Waals surface area (Å²) in [4.78, 5) is 38.7. The van der Waals surface area contributed by atoms with Crippen molar-refractivity contribution in [2.75, 3.05) is 37.8 Å². The Morgan fingerprint density at radius 2 is 1.82 bits per heavy atom. The summed E-state index contributed by atoms with van der Waals surface area (Å²) in [6.07, 6.45) is 4.20. The molecule has 0 aliphatic rings. The van der Waals surface area contributed by atoms with E-state index in [0.29, 0.717) is 56.0 Å². The zero-order valence-corrected chi connectivity index (χ0v) is 24.3. The van der Waals surface area contributed by atoms with Crippen LogP contribution in [0.15, 0.2) is 36.9 Å². The summed E-state index contributed by atoms with van der Waals surface area (Å²) < 4.78 is 7.54. The summed E-state index contributed by atoms with van der Waals surface area (Å²) in [5.74, 6) is 0.301. The number of nitrogen functional groups attached to an aromatic ring is 1. The smallest absolute Gasteiger partial charge is 0.319 e. The van der Waals surface area contributed by atoms with Crippen molar-refractivity contribution in [1.82, 2.24) is 29.7 Å². The predicted molar refractivity (Wildman–Crippen MR) is 156 cm³/mol. The second-order valence-electron chi connectivity index (χ2n) is 10.0. The van der Waals surface area contributed by atoms with Crippen molar-refractivity contribution < 1.29 is 14.3 Å². The molecule has 0 saturated heterocycles. The van der Waals surface area contributed by atoms with Crippen molar-refractivity contribution in [3.63, 3.8) is 0 Å². The Morgan fingerprint density at radius 1 is 1.13 bits per heavy atom. The van der Waals surface area contributed by atoms with Crippen LogP contribution in [0.5, 0.6) is 0 Å². The van der Waals surface area contributed by atoms with E-state index in [1.165, 1.54) is 18.8 Å². The summed E-state index contributed by atoms with van der Waals surface area (Å²) in [5.41, 5.74) is 9.09. The maximum Gasteiger partial charge on any atom is 0.319 e. The number of hydrogen-bond donors (Lipinski definition) is 3. The van der Waals surface area contributed by atoms with Crippen molar-refractivity contribution in [3.8, 4) is 0 Å². The molecule has 11 heteroatoms. The molecule has 1 unspecified atom stereocenters. The molecule has 0 radical (unpaired) electrons. The van der Waals surface area contributed by atoms with Crippen molar-refractivity contribution >= 4 is 34.6 Å². The summed E-state index contributed by atoms with van der Waals surface area (Å²) in [7, 11) is 1.63. The first kappa shape index (κ1) is 31.5. The fraction of sp³-hybridized carbons (Fsp3) is 0.536. The summed E-state index contributed by atoms with van der Waals surface area (Å²) in [6.45, 7) is 14.0. The number of methoxy groups -OCH3 is 1. The third-order valence-electron chi connectivity index (χ3n) is 6.22. The standard InChI is InChI=1S/C26H38N8O3.C2H6/c1-18(35)33(13-6-12-28-25(36)32-20-9-7-19(8-10-20)26(2,3)4)15-21(37-5)11-14-34-17-31-22-23(27)29-16-30-24(22)34;1-2/h7-10,16-17,21H,6,11-15H2,1-5H3,(H2,27,29,30)(H2,28,32,36);1-2H3. The van der Waals surface area contributed by atoms with Gasteiger partial charge in [-0.05, 0) is 36.0 Å². The van der Waals surface area contributed by atoms with E-state index in [1.807, 2.05) is 42.7 Å². The van der Waals surface area contributed by atoms with Crippen LogP contribution in [0, 0.1) is 0 Å². The highest BCUT2D eigenvalue weighted by atomic mass is 16.5. The quantitative estimate of drug-likeness (QED) is 0.310. The number of rotatable bonds is 11. The number of carbonyl (C=O) groups is 2. The molecule has 4 N–H and O–H groups in total. The van der Waals surface area contributed by atoms with E-state index in [-0.39, 0.29) is 23.5 Å². The molecule has 1 atom stereocenters. The monoisotopic (exact) mass is 540 g/mol. The fourth-order valence-corrected chi connectivity index (χ4v) is 3.95. The number of nitrogens with zero attached hydrogens (tertiary/aromatic N) is 5. The van der Waals surface area contributed by atoms with E-state index in [2.05, 4.69) is 46.4 Å². The second kappa shape index (κ2) is 15.0. The molecule has 3 rings (SSSR count). The Kier molecular flexibility index (Phi) is 12.1. The molecule has 0 saturated carbocycles. The second-order valence-corrected chi connectivity index (χ2v) is 10.0. The molecule has 0 bridgehead atoms. The lowest BCUT2D eigenvalue weighted by Gasteiger charge is -2.26. The van der Waals surface area contributed by atoms with E-state index in [0.717, 1.165) is 5.69 Å². The highest BCUT2D eigenvalue weighted by Crippen LogP contribution is 2.23. The summed E-state index contributed by atoms with van der Waals surface area (Å²) in [5, 5.41) is 5.70. The lowest BCUT2D eigenvalue weighted by molar-refractivity contribution is -0.130. The minimum atomic E-state index is -0.273. The van der Waals surface area contributed by atoms with Gasteiger partial charge in [0, 0.05) is 45.9 Å². The lowest BCUT2D eigenvalue weighted by Crippen LogP contribution is -2.39. The number of ether oxygens (including phenoxy) is 1. The molecule has 3 amide bonds. The Balaban J connectivity index is 0.00000260. The molecule has 0 fully saturated rings. The van der Waals surface area contributed by atoms with Crippen LogP contribution in [0.2, 0.25) is 0 Å². The minimum absolute atomic E-state index is 0.0426. The molecule has 0 spiro atoms. The van der Waals surface area contributed by atoms with Crippen LogP contribution in [0.3, 0.4) is 0 Å². The van der Waals surface area contributed by atoms with Gasteiger partial charge in [0.1, 0.15) is 11.8 Å². The molecule has 1 aromatic carbocycles. The first-order chi connectivity index (χ1) is 18.6. The van der Waals surface area contributed by atoms with Gasteiger partial charge >= 0.3 is 6.03 Å². The van der Waals surface area contributed by atoms with Gasteiger partial charge in [0.25, 0.3) is 0 Å². The van der Waals surface area contributed by atoms with Gasteiger partial charge in [-0.15, -0.1) is 0 Å². The highest BCUT2D eigenvalue weighted by molar-refractivity contribution is 5.89. The van der Waals surface area contributed by atoms with Crippen LogP contribution in [-0.4, -0.2) is 69.2 Å². The van der Waals surface area contributed by atoms with Gasteiger partial charge in [0.05, 0.1) is 12.4 Å². The molecule has 0 aliphatic carbocycles. The Hall–Kier alpha value is -3.73. The fourth-order valence-electron chi connectivity index (χ4n) is 3.95. The van der Waals surface area contributed by atoms with Crippen molar-refractivity contribution in [2.45, 2.75) is 72.4 Å². The number of nitrogens with one attached hydrogen (secondary N) is 2. The van der Waals surface area contributed by atoms with E-state index < -0.39 is 0 Å². The molecule has 214 valence electrons. The molecule has 11 nitrogen and oxygen atoms in total. The van der Waals surface area contributed by atoms with Crippen LogP contribution < -0.4 is 16.4 Å². The van der Waals surface area contributed by atoms with Gasteiger partial charge in [-0.1, -0.05) is 46.8 Å². The largest absolute Gasteiger partial charge is 0.382 e. The summed E-state index contributed by atoms with van der Waals surface area (Å²) in [6, 6.07) is 7.56. The minimum Gasteiger partial charge on any atom is -0.382 e. The normalized spacial score (nSPS) is 11.9. The molecule has 2 heterocycles. The number of fused-ring (bicyclic) bond motifs is 1. The van der Waals surface area contributed by atoms with E-state index >= 15 is 0 Å². The molecule has 2 aromatic heterocycles. The number of imidazole rings is 1. The molecule has 39 heavy (non-hydrogen) atoms. The maximum atomic E-state index is 12.3. The van der Waals surface area contributed by atoms with E-state index in [1.54, 1.807) is 18.3 Å². The first-order valence-corrected chi connectivity index (χ1v) is 13.4. The highest BCUT2D eigenvalue weighted by Gasteiger charge is 2.18. The van der Waals surface area contributed by atoms with E-state index in [4.69, 9.17) is 10.5 Å². The average Bonchev–Trinajstić information content (AvgIpc) is 3.33. The van der Waals surface area contributed by atoms with Crippen LogP contribution in [0.1, 0.15) is 59.9 Å². The third kappa shape index (κ3) is 9.51. The number of urea groups is 1. The average molecular weight is 541 g/mol. The number of benzene rings is 1. The Morgan fingerprint density at radius 3 is 2.44 bits per heavy atom. The Labute approximate surface area is 231 Å². The SMILES string of the molecule is CC.COC(CCn1cnc2c(N)ncnc21)CN(CCCNC(=O)Nc1ccc(C(C)(C)C)cc1)C(C)=O. The number of aryl methyl sites for hydroxylation is 1. The molecule has 0 aliphatic heterocycles. The maximum absolute atomic E-state index is 12.3. The van der Waals surface area contributed by atoms with Crippen LogP contribution >= 0.6 is 0 Å². The zero-order valence-electron chi connectivity index (χ0n) is 24.3. The van der Waals surface area contributed by atoms with E-state index in [9.17, 15) is 9.59 Å². The van der Waals surface area contributed by atoms with Gasteiger partial charge in [0.15, 0.2) is 11.5 Å². The summed E-state index contributed by atoms with van der Waals surface area (Å²) >= 11 is 0. The third-order valence-corrected chi connectivity index (χ3v) is 6.22. The van der Waals surface area contributed by atoms with Crippen molar-refractivity contribution in [1.29, 1.82) is 0 Å². The van der Waals surface area contributed by atoms with Gasteiger partial charge in [-0.3, -0.25) is 4.79 Å². The van der Waals surface area contributed by atoms with Gasteiger partial charge < -0.3 is 30.6 Å². The van der Waals surface area contributed by atoms with Crippen LogP contribution in [0.25, 0.3) is 11.2 Å². The van der Waals surface area contributed by atoms with Gasteiger partial charge in [0.2, 0.25) is 5.91 Å². The number of aromatic nitrogens is 4. The van der Waals surface area contributed by atoms with Gasteiger partial charge in [-0.2, -0.15) is 0 Å². The Bertz CT molecular complexity index is 1190. The number of nitrogens with two attached hydrogens (primary N) is 1. The van der Waals surface area contributed by atoms with Crippen LogP contribution in [0.4, 0.5) is 16.3 Å². The zero-order chi connectivity index (χ0) is 29.0. The number of amides is 3. The molecule has 3 aromatic rings. The predicted octanol–water partition coefficient (Wildman–Crippen LogP) is 4.20. The van der Waals surface area contributed by atoms with Crippen molar-refractivity contribution in [2.24, 2.45) is 0 Å². The molecular weight excluding hydrogens is 496 g/mol.